The maximum Gasteiger partial charge on any atom is 0.338 e. The molecule has 9 nitrogen and oxygen atoms in total. The molecule has 0 heterocycles. The number of hydrogen-bond donors (Lipinski definition) is 0. The Balaban J connectivity index is 1.46. The quantitative estimate of drug-likeness (QED) is 0.0280. The van der Waals surface area contributed by atoms with Crippen LogP contribution in [0.1, 0.15) is 72.0 Å². The fourth-order valence-electron chi connectivity index (χ4n) is 7.77. The molecule has 68 heavy (non-hydrogen) atoms. The number of carbonyl (C=O) groups excluding carboxylic acids is 4. The van der Waals surface area contributed by atoms with E-state index in [1.165, 1.54) is 23.5 Å². The highest BCUT2D eigenvalue weighted by atomic mass is 32.2. The molecular weight excluding hydrogens is 893 g/mol. The van der Waals surface area contributed by atoms with E-state index in [2.05, 4.69) is 0 Å². The van der Waals surface area contributed by atoms with Gasteiger partial charge in [0.2, 0.25) is 0 Å². The summed E-state index contributed by atoms with van der Waals surface area (Å²) < 4.78 is 33.1. The molecule has 0 saturated heterocycles. The lowest BCUT2D eigenvalue weighted by Crippen LogP contribution is -2.56. The van der Waals surface area contributed by atoms with Crippen LogP contribution in [0.2, 0.25) is 0 Å². The zero-order valence-corrected chi connectivity index (χ0v) is 39.3. The van der Waals surface area contributed by atoms with E-state index in [-0.39, 0.29) is 22.3 Å². The van der Waals surface area contributed by atoms with Crippen LogP contribution in [0, 0.1) is 0 Å². The zero-order valence-electron chi connectivity index (χ0n) is 37.7. The summed E-state index contributed by atoms with van der Waals surface area (Å²) in [4.78, 5) is 58.2. The second-order valence-corrected chi connectivity index (χ2v) is 18.5. The molecule has 0 aliphatic carbocycles. The van der Waals surface area contributed by atoms with Crippen LogP contribution in [0.25, 0.3) is 0 Å². The van der Waals surface area contributed by atoms with E-state index in [0.29, 0.717) is 11.5 Å². The highest BCUT2D eigenvalue weighted by molar-refractivity contribution is 8.17. The monoisotopic (exact) mass is 944 g/mol. The van der Waals surface area contributed by atoms with Gasteiger partial charge in [-0.3, -0.25) is 0 Å². The van der Waals surface area contributed by atoms with Crippen LogP contribution < -0.4 is 0 Å². The van der Waals surface area contributed by atoms with Gasteiger partial charge in [-0.2, -0.15) is 0 Å². The molecule has 0 fully saturated rings. The average Bonchev–Trinajstić information content (AvgIpc) is 3.40. The third kappa shape index (κ3) is 12.3. The first-order valence-corrected chi connectivity index (χ1v) is 24.5. The summed E-state index contributed by atoms with van der Waals surface area (Å²) in [6.45, 7) is 3.50. The lowest BCUT2D eigenvalue weighted by Gasteiger charge is -2.41. The summed E-state index contributed by atoms with van der Waals surface area (Å²) in [5.74, 6) is -1.91. The summed E-state index contributed by atoms with van der Waals surface area (Å²) in [7, 11) is 0. The molecule has 0 bridgehead atoms. The highest BCUT2D eigenvalue weighted by Crippen LogP contribution is 2.42. The Kier molecular flexibility index (Phi) is 17.8. The number of carbonyl (C=O) groups is 4. The first-order valence-electron chi connectivity index (χ1n) is 22.4. The predicted octanol–water partition coefficient (Wildman–Crippen LogP) is 11.7. The van der Waals surface area contributed by atoms with Crippen LogP contribution in [0.3, 0.4) is 0 Å². The summed E-state index contributed by atoms with van der Waals surface area (Å²) in [6, 6.07) is 62.5. The molecule has 7 rings (SSSR count). The van der Waals surface area contributed by atoms with Crippen molar-refractivity contribution < 1.29 is 42.9 Å². The topological polar surface area (TPSA) is 114 Å². The van der Waals surface area contributed by atoms with Crippen molar-refractivity contribution in [3.63, 3.8) is 0 Å². The number of ether oxygens (including phenoxy) is 5. The molecule has 7 aromatic rings. The molecule has 0 unspecified atom stereocenters. The van der Waals surface area contributed by atoms with Crippen molar-refractivity contribution in [2.75, 3.05) is 18.1 Å². The molecule has 7 aromatic carbocycles. The van der Waals surface area contributed by atoms with Gasteiger partial charge < -0.3 is 23.7 Å². The molecule has 0 spiro atoms. The largest absolute Gasteiger partial charge is 0.453 e. The summed E-state index contributed by atoms with van der Waals surface area (Å²) in [5.41, 5.74) is 1.73. The van der Waals surface area contributed by atoms with Gasteiger partial charge in [0, 0.05) is 0 Å². The Labute approximate surface area is 406 Å². The molecule has 0 aliphatic rings. The molecular formula is C57H52O9S2. The normalized spacial score (nSPS) is 13.0. The molecule has 0 amide bonds. The highest BCUT2D eigenvalue weighted by Gasteiger charge is 2.49. The SMILES string of the molecule is CCSC(SCC)[C@H](OC(=O)c1ccccc1)[C@H](OC(=O)c1ccccc1)[C@H](OC(=O)c1ccccc1)[C@H](COC(c1ccccc1)(c1ccccc1)c1ccccc1)OC(=O)c1ccccc1. The lowest BCUT2D eigenvalue weighted by atomic mass is 9.80. The summed E-state index contributed by atoms with van der Waals surface area (Å²) in [5, 5.41) is 0. The average molecular weight is 945 g/mol. The van der Waals surface area contributed by atoms with Gasteiger partial charge in [-0.1, -0.05) is 178 Å². The standard InChI is InChI=1S/C57H52O9S2/c1-3-67-56(68-4-2)51(66-55(61)44-32-18-8-19-33-44)50(65-54(60)43-30-16-7-17-31-43)49(64-53(59)42-28-14-6-15-29-42)48(63-52(58)41-26-12-5-13-27-41)40-62-57(45-34-20-9-21-35-45,46-36-22-10-23-37-46)47-38-24-11-25-39-47/h5-39,48-51,56H,3-4,40H2,1-2H3/t48-,49+,50+,51+/m0/s1. The van der Waals surface area contributed by atoms with E-state index >= 15 is 0 Å². The van der Waals surface area contributed by atoms with Crippen molar-refractivity contribution >= 4 is 47.4 Å². The Bertz CT molecular complexity index is 2540. The molecule has 0 aromatic heterocycles. The van der Waals surface area contributed by atoms with E-state index in [0.717, 1.165) is 16.7 Å². The molecule has 4 atom stereocenters. The minimum atomic E-state index is -1.67. The minimum absolute atomic E-state index is 0.173. The second-order valence-electron chi connectivity index (χ2n) is 15.4. The molecule has 346 valence electrons. The number of rotatable bonds is 22. The van der Waals surface area contributed by atoms with Crippen LogP contribution in [0.4, 0.5) is 0 Å². The number of esters is 4. The minimum Gasteiger partial charge on any atom is -0.453 e. The predicted molar refractivity (Wildman–Crippen MR) is 268 cm³/mol. The number of benzene rings is 7. The Morgan fingerprint density at radius 2 is 0.662 bits per heavy atom. The van der Waals surface area contributed by atoms with Gasteiger partial charge in [0.1, 0.15) is 5.60 Å². The van der Waals surface area contributed by atoms with Gasteiger partial charge in [-0.15, -0.1) is 23.5 Å². The van der Waals surface area contributed by atoms with Gasteiger partial charge in [0.05, 0.1) is 33.4 Å². The van der Waals surface area contributed by atoms with Crippen LogP contribution in [0.15, 0.2) is 212 Å². The molecule has 0 aliphatic heterocycles. The van der Waals surface area contributed by atoms with Crippen molar-refractivity contribution in [1.82, 2.24) is 0 Å². The second kappa shape index (κ2) is 24.7. The summed E-state index contributed by atoms with van der Waals surface area (Å²) in [6.07, 6.45) is -6.12. The van der Waals surface area contributed by atoms with Gasteiger partial charge in [-0.05, 0) is 76.7 Å². The third-order valence-electron chi connectivity index (χ3n) is 11.0. The van der Waals surface area contributed by atoms with Gasteiger partial charge >= 0.3 is 23.9 Å². The van der Waals surface area contributed by atoms with Crippen LogP contribution in [0.5, 0.6) is 0 Å². The first-order chi connectivity index (χ1) is 33.3. The maximum atomic E-state index is 14.7. The van der Waals surface area contributed by atoms with Crippen LogP contribution in [-0.2, 0) is 29.3 Å². The van der Waals surface area contributed by atoms with Crippen molar-refractivity contribution in [2.24, 2.45) is 0 Å². The Morgan fingerprint density at radius 1 is 0.382 bits per heavy atom. The molecule has 0 saturated carbocycles. The summed E-state index contributed by atoms with van der Waals surface area (Å²) >= 11 is 2.95. The van der Waals surface area contributed by atoms with Crippen LogP contribution in [-0.4, -0.2) is 71.0 Å². The number of thioether (sulfide) groups is 2. The van der Waals surface area contributed by atoms with Crippen molar-refractivity contribution in [3.8, 4) is 0 Å². The fourth-order valence-corrected chi connectivity index (χ4v) is 10.4. The molecule has 11 heteroatoms. The van der Waals surface area contributed by atoms with E-state index in [4.69, 9.17) is 23.7 Å². The van der Waals surface area contributed by atoms with Crippen molar-refractivity contribution in [1.29, 1.82) is 0 Å². The van der Waals surface area contributed by atoms with E-state index in [1.54, 1.807) is 121 Å². The Morgan fingerprint density at radius 3 is 0.985 bits per heavy atom. The molecule has 0 N–H and O–H groups in total. The van der Waals surface area contributed by atoms with E-state index in [9.17, 15) is 19.2 Å². The maximum absolute atomic E-state index is 14.7. The lowest BCUT2D eigenvalue weighted by molar-refractivity contribution is -0.142. The van der Waals surface area contributed by atoms with Gasteiger partial charge in [0.15, 0.2) is 24.4 Å². The van der Waals surface area contributed by atoms with Crippen LogP contribution >= 0.6 is 23.5 Å². The van der Waals surface area contributed by atoms with E-state index in [1.807, 2.05) is 105 Å². The first kappa shape index (κ1) is 49.0. The molecule has 0 radical (unpaired) electrons. The third-order valence-corrected chi connectivity index (χ3v) is 13.7. The number of hydrogen-bond acceptors (Lipinski definition) is 11. The smallest absolute Gasteiger partial charge is 0.338 e. The van der Waals surface area contributed by atoms with E-state index < -0.39 is 65.1 Å². The van der Waals surface area contributed by atoms with Gasteiger partial charge in [0.25, 0.3) is 0 Å². The van der Waals surface area contributed by atoms with Crippen molar-refractivity contribution in [3.05, 3.63) is 251 Å². The van der Waals surface area contributed by atoms with Crippen molar-refractivity contribution in [2.45, 2.75) is 48.4 Å². The Hall–Kier alpha value is -6.92. The zero-order chi connectivity index (χ0) is 47.6. The fraction of sp³-hybridized carbons (Fsp3) is 0.193. The van der Waals surface area contributed by atoms with Gasteiger partial charge in [-0.25, -0.2) is 19.2 Å².